The second kappa shape index (κ2) is 6.00. The summed E-state index contributed by atoms with van der Waals surface area (Å²) in [7, 11) is 0. The van der Waals surface area contributed by atoms with Crippen LogP contribution in [-0.2, 0) is 10.4 Å². The molecule has 1 saturated carbocycles. The average molecular weight is 310 g/mol. The van der Waals surface area contributed by atoms with Crippen molar-refractivity contribution >= 4 is 17.2 Å². The monoisotopic (exact) mass is 310 g/mol. The molecular formula is C14H22N4O2S. The lowest BCUT2D eigenvalue weighted by Crippen LogP contribution is -2.62. The fourth-order valence-electron chi connectivity index (χ4n) is 3.32. The molecule has 6 nitrogen and oxygen atoms in total. The number of likely N-dealkylation sites (tertiary alicyclic amines) is 1. The average Bonchev–Trinajstić information content (AvgIpc) is 2.93. The van der Waals surface area contributed by atoms with Gasteiger partial charge in [-0.1, -0.05) is 0 Å². The maximum atomic E-state index is 10.7. The lowest BCUT2D eigenvalue weighted by atomic mass is 9.80. The van der Waals surface area contributed by atoms with Gasteiger partial charge in [-0.05, 0) is 25.7 Å². The molecule has 0 aromatic carbocycles. The number of rotatable bonds is 5. The summed E-state index contributed by atoms with van der Waals surface area (Å²) in [6.07, 6.45) is 5.41. The third-order valence-corrected chi connectivity index (χ3v) is 5.63. The Labute approximate surface area is 128 Å². The summed E-state index contributed by atoms with van der Waals surface area (Å²) in [5.74, 6) is -0.305. The smallest absolute Gasteiger partial charge is 0.231 e. The van der Waals surface area contributed by atoms with E-state index < -0.39 is 5.60 Å². The van der Waals surface area contributed by atoms with Gasteiger partial charge in [0.15, 0.2) is 0 Å². The van der Waals surface area contributed by atoms with E-state index in [0.29, 0.717) is 12.1 Å². The van der Waals surface area contributed by atoms with E-state index in [2.05, 4.69) is 15.2 Å². The molecule has 1 aliphatic heterocycles. The molecule has 1 aliphatic carbocycles. The van der Waals surface area contributed by atoms with Crippen molar-refractivity contribution < 1.29 is 9.90 Å². The Balaban J connectivity index is 1.44. The number of aromatic nitrogens is 1. The van der Waals surface area contributed by atoms with Crippen LogP contribution >= 0.6 is 11.3 Å². The van der Waals surface area contributed by atoms with Gasteiger partial charge in [0.05, 0.1) is 16.9 Å². The Morgan fingerprint density at radius 1 is 1.52 bits per heavy atom. The zero-order valence-corrected chi connectivity index (χ0v) is 12.8. The number of nitrogens with two attached hydrogens (primary N) is 1. The van der Waals surface area contributed by atoms with Crippen molar-refractivity contribution in [3.8, 4) is 0 Å². The van der Waals surface area contributed by atoms with Crippen LogP contribution in [0, 0.1) is 0 Å². The van der Waals surface area contributed by atoms with Gasteiger partial charge in [0, 0.05) is 31.4 Å². The molecule has 3 rings (SSSR count). The summed E-state index contributed by atoms with van der Waals surface area (Å²) in [6.45, 7) is 2.20. The molecule has 2 aliphatic rings. The molecule has 2 fully saturated rings. The number of thiazole rings is 1. The van der Waals surface area contributed by atoms with E-state index in [0.717, 1.165) is 43.6 Å². The van der Waals surface area contributed by atoms with Gasteiger partial charge >= 0.3 is 0 Å². The molecule has 0 atom stereocenters. The van der Waals surface area contributed by atoms with Gasteiger partial charge in [-0.15, -0.1) is 11.3 Å². The van der Waals surface area contributed by atoms with E-state index in [1.807, 2.05) is 0 Å². The summed E-state index contributed by atoms with van der Waals surface area (Å²) in [6, 6.07) is 0.921. The van der Waals surface area contributed by atoms with Crippen molar-refractivity contribution in [1.82, 2.24) is 15.2 Å². The molecular weight excluding hydrogens is 288 g/mol. The Morgan fingerprint density at radius 3 is 2.81 bits per heavy atom. The topological polar surface area (TPSA) is 91.5 Å². The highest BCUT2D eigenvalue weighted by Crippen LogP contribution is 2.40. The minimum Gasteiger partial charge on any atom is -0.384 e. The van der Waals surface area contributed by atoms with Crippen LogP contribution in [-0.4, -0.2) is 52.6 Å². The van der Waals surface area contributed by atoms with Crippen molar-refractivity contribution in [1.29, 1.82) is 0 Å². The quantitative estimate of drug-likeness (QED) is 0.714. The molecule has 0 spiro atoms. The zero-order valence-electron chi connectivity index (χ0n) is 12.0. The Morgan fingerprint density at radius 2 is 2.24 bits per heavy atom. The third-order valence-electron chi connectivity index (χ3n) is 4.66. The molecule has 0 bridgehead atoms. The summed E-state index contributed by atoms with van der Waals surface area (Å²) in [4.78, 5) is 18.2. The van der Waals surface area contributed by atoms with E-state index in [-0.39, 0.29) is 12.5 Å². The molecule has 0 radical (unpaired) electrons. The van der Waals surface area contributed by atoms with Crippen LogP contribution < -0.4 is 11.1 Å². The maximum absolute atomic E-state index is 10.7. The van der Waals surface area contributed by atoms with Crippen LogP contribution in [0.3, 0.4) is 0 Å². The lowest BCUT2D eigenvalue weighted by Gasteiger charge is -2.48. The minimum atomic E-state index is -0.674. The third kappa shape index (κ3) is 3.26. The predicted octanol–water partition coefficient (Wildman–Crippen LogP) is 0.0324. The van der Waals surface area contributed by atoms with Gasteiger partial charge in [-0.3, -0.25) is 14.7 Å². The first-order valence-corrected chi connectivity index (χ1v) is 8.32. The first kappa shape index (κ1) is 14.9. The Bertz CT molecular complexity index is 479. The van der Waals surface area contributed by atoms with Crippen molar-refractivity contribution in [3.05, 3.63) is 16.6 Å². The molecule has 0 unspecified atom stereocenters. The molecule has 116 valence electrons. The maximum Gasteiger partial charge on any atom is 0.231 e. The number of aliphatic hydroxyl groups is 1. The SMILES string of the molecule is NC(=O)CNC1CN(C2CCC(O)(c3cncs3)CC2)C1. The summed E-state index contributed by atoms with van der Waals surface area (Å²) in [5, 5.41) is 13.9. The number of primary amides is 1. The summed E-state index contributed by atoms with van der Waals surface area (Å²) >= 11 is 1.54. The van der Waals surface area contributed by atoms with Crippen LogP contribution in [0.15, 0.2) is 11.7 Å². The number of amides is 1. The first-order chi connectivity index (χ1) is 10.1. The number of nitrogens with zero attached hydrogens (tertiary/aromatic N) is 2. The van der Waals surface area contributed by atoms with Crippen molar-refractivity contribution in [2.45, 2.75) is 43.4 Å². The fraction of sp³-hybridized carbons (Fsp3) is 0.714. The fourth-order valence-corrected chi connectivity index (χ4v) is 4.10. The summed E-state index contributed by atoms with van der Waals surface area (Å²) in [5.41, 5.74) is 6.23. The molecule has 1 amide bonds. The second-order valence-corrected chi connectivity index (χ2v) is 7.01. The van der Waals surface area contributed by atoms with Crippen LogP contribution in [0.1, 0.15) is 30.6 Å². The van der Waals surface area contributed by atoms with Crippen LogP contribution in [0.5, 0.6) is 0 Å². The van der Waals surface area contributed by atoms with Crippen molar-refractivity contribution in [2.24, 2.45) is 5.73 Å². The highest BCUT2D eigenvalue weighted by Gasteiger charge is 2.40. The number of carbonyl (C=O) groups is 1. The number of nitrogens with one attached hydrogen (secondary N) is 1. The number of hydrogen-bond donors (Lipinski definition) is 3. The number of hydrogen-bond acceptors (Lipinski definition) is 6. The van der Waals surface area contributed by atoms with Crippen molar-refractivity contribution in [2.75, 3.05) is 19.6 Å². The van der Waals surface area contributed by atoms with E-state index in [9.17, 15) is 9.90 Å². The molecule has 7 heteroatoms. The number of carbonyl (C=O) groups excluding carboxylic acids is 1. The van der Waals surface area contributed by atoms with Gasteiger partial charge in [0.25, 0.3) is 0 Å². The Hall–Kier alpha value is -1.02. The molecule has 1 aromatic heterocycles. The standard InChI is InChI=1S/C14H22N4O2S/c15-13(19)6-17-10-7-18(8-10)11-1-3-14(20,4-2-11)12-5-16-9-21-12/h5,9-11,17,20H,1-4,6-8H2,(H2,15,19). The van der Waals surface area contributed by atoms with Gasteiger partial charge < -0.3 is 16.2 Å². The highest BCUT2D eigenvalue weighted by atomic mass is 32.1. The first-order valence-electron chi connectivity index (χ1n) is 7.44. The van der Waals surface area contributed by atoms with E-state index in [4.69, 9.17) is 5.73 Å². The zero-order chi connectivity index (χ0) is 14.9. The molecule has 4 N–H and O–H groups in total. The van der Waals surface area contributed by atoms with E-state index >= 15 is 0 Å². The molecule has 1 saturated heterocycles. The van der Waals surface area contributed by atoms with Crippen LogP contribution in [0.4, 0.5) is 0 Å². The normalized spacial score (nSPS) is 31.0. The van der Waals surface area contributed by atoms with Gasteiger partial charge in [-0.25, -0.2) is 0 Å². The van der Waals surface area contributed by atoms with Gasteiger partial charge in [0.2, 0.25) is 5.91 Å². The second-order valence-electron chi connectivity index (χ2n) is 6.13. The Kier molecular flexibility index (Phi) is 4.26. The van der Waals surface area contributed by atoms with Crippen LogP contribution in [0.25, 0.3) is 0 Å². The van der Waals surface area contributed by atoms with E-state index in [1.165, 1.54) is 11.3 Å². The van der Waals surface area contributed by atoms with Gasteiger partial charge in [0.1, 0.15) is 5.60 Å². The molecule has 1 aromatic rings. The highest BCUT2D eigenvalue weighted by molar-refractivity contribution is 7.09. The van der Waals surface area contributed by atoms with Crippen molar-refractivity contribution in [3.63, 3.8) is 0 Å². The minimum absolute atomic E-state index is 0.258. The molecule has 21 heavy (non-hydrogen) atoms. The molecule has 2 heterocycles. The van der Waals surface area contributed by atoms with E-state index in [1.54, 1.807) is 11.7 Å². The predicted molar refractivity (Wildman–Crippen MR) is 80.8 cm³/mol. The summed E-state index contributed by atoms with van der Waals surface area (Å²) < 4.78 is 0. The van der Waals surface area contributed by atoms with Gasteiger partial charge in [-0.2, -0.15) is 0 Å². The van der Waals surface area contributed by atoms with Crippen LogP contribution in [0.2, 0.25) is 0 Å². The largest absolute Gasteiger partial charge is 0.384 e. The lowest BCUT2D eigenvalue weighted by molar-refractivity contribution is -0.117.